The summed E-state index contributed by atoms with van der Waals surface area (Å²) in [6.07, 6.45) is 0. The highest BCUT2D eigenvalue weighted by atomic mass is 16.1. The van der Waals surface area contributed by atoms with Gasteiger partial charge in [-0.3, -0.25) is 0 Å². The van der Waals surface area contributed by atoms with Crippen LogP contribution in [0.15, 0.2) is 36.4 Å². The Hall–Kier alpha value is -1.11. The third-order valence-corrected chi connectivity index (χ3v) is 0.667. The number of benzene rings is 1. The molecule has 0 fully saturated rings. The molecule has 1 heteroatoms. The highest BCUT2D eigenvalue weighted by Gasteiger charge is 1.57. The van der Waals surface area contributed by atoms with Crippen molar-refractivity contribution in [2.75, 3.05) is 0 Å². The monoisotopic (exact) mass is 108 g/mol. The third-order valence-electron chi connectivity index (χ3n) is 0.667. The van der Waals surface area contributed by atoms with Crippen molar-refractivity contribution in [1.82, 2.24) is 0 Å². The van der Waals surface area contributed by atoms with E-state index in [9.17, 15) is 0 Å². The lowest BCUT2D eigenvalue weighted by Gasteiger charge is -1.69. The first-order valence-electron chi connectivity index (χ1n) is 2.29. The van der Waals surface area contributed by atoms with Gasteiger partial charge >= 0.3 is 0 Å². The molecule has 0 spiro atoms. The Balaban J connectivity index is 0.000000222. The second-order valence-electron chi connectivity index (χ2n) is 1.15. The van der Waals surface area contributed by atoms with Crippen molar-refractivity contribution < 1.29 is 4.79 Å². The molecule has 0 aliphatic carbocycles. The van der Waals surface area contributed by atoms with E-state index in [4.69, 9.17) is 4.79 Å². The van der Waals surface area contributed by atoms with Crippen LogP contribution in [0.4, 0.5) is 0 Å². The summed E-state index contributed by atoms with van der Waals surface area (Å²) in [6.45, 7) is 2.00. The number of carbonyl (C=O) groups is 1. The van der Waals surface area contributed by atoms with Crippen LogP contribution in [0.5, 0.6) is 0 Å². The zero-order valence-electron chi connectivity index (χ0n) is 4.58. The largest absolute Gasteiger partial charge is 0.307 e. The zero-order chi connectivity index (χ0) is 6.24. The van der Waals surface area contributed by atoms with Crippen LogP contribution in [0.2, 0.25) is 0 Å². The number of hydrogen-bond donors (Lipinski definition) is 0. The van der Waals surface area contributed by atoms with Crippen LogP contribution in [0.3, 0.4) is 0 Å². The number of carbonyl (C=O) groups excluding carboxylic acids is 1. The lowest BCUT2D eigenvalue weighted by Crippen LogP contribution is -1.47. The first-order chi connectivity index (χ1) is 4.00. The Kier molecular flexibility index (Phi) is 5.07. The van der Waals surface area contributed by atoms with E-state index >= 15 is 0 Å². The second-order valence-corrected chi connectivity index (χ2v) is 1.15. The van der Waals surface area contributed by atoms with Gasteiger partial charge in [0.15, 0.2) is 0 Å². The molecule has 0 unspecified atom stereocenters. The number of hydrogen-bond acceptors (Lipinski definition) is 1. The molecule has 0 aliphatic rings. The van der Waals surface area contributed by atoms with Crippen LogP contribution in [0.25, 0.3) is 0 Å². The van der Waals surface area contributed by atoms with E-state index in [2.05, 4.69) is 0 Å². The summed E-state index contributed by atoms with van der Waals surface area (Å²) in [7, 11) is 0. The molecule has 1 aromatic carbocycles. The van der Waals surface area contributed by atoms with E-state index in [0.29, 0.717) is 0 Å². The highest BCUT2D eigenvalue weighted by Crippen LogP contribution is 1.79. The van der Waals surface area contributed by atoms with E-state index in [1.54, 1.807) is 0 Å². The summed E-state index contributed by atoms with van der Waals surface area (Å²) < 4.78 is 0. The van der Waals surface area contributed by atoms with E-state index in [-0.39, 0.29) is 0 Å². The van der Waals surface area contributed by atoms with Gasteiger partial charge in [-0.25, -0.2) is 0 Å². The fraction of sp³-hybridized carbons (Fsp3) is 0. The van der Waals surface area contributed by atoms with Gasteiger partial charge in [0.25, 0.3) is 0 Å². The first-order valence-corrected chi connectivity index (χ1v) is 2.29. The summed E-state index contributed by atoms with van der Waals surface area (Å²) >= 11 is 0. The Morgan fingerprint density at radius 3 is 0.875 bits per heavy atom. The van der Waals surface area contributed by atoms with Crippen molar-refractivity contribution in [2.45, 2.75) is 0 Å². The van der Waals surface area contributed by atoms with Gasteiger partial charge in [-0.15, -0.1) is 0 Å². The molecule has 1 aromatic rings. The SMILES string of the molecule is C=O.c1ccccc1. The standard InChI is InChI=1S/C6H6.CH2O/c1-2-4-6-5-3-1;1-2/h1-6H;1H2. The van der Waals surface area contributed by atoms with Crippen LogP contribution in [-0.4, -0.2) is 6.79 Å². The minimum atomic E-state index is 2.00. The van der Waals surface area contributed by atoms with Gasteiger partial charge < -0.3 is 4.79 Å². The molecule has 0 atom stereocenters. The van der Waals surface area contributed by atoms with Gasteiger partial charge in [-0.05, 0) is 0 Å². The topological polar surface area (TPSA) is 17.1 Å². The molecule has 0 saturated carbocycles. The smallest absolute Gasteiger partial charge is 0.106 e. The van der Waals surface area contributed by atoms with Crippen molar-refractivity contribution in [3.05, 3.63) is 36.4 Å². The highest BCUT2D eigenvalue weighted by molar-refractivity contribution is 5.11. The van der Waals surface area contributed by atoms with E-state index in [1.807, 2.05) is 43.2 Å². The molecule has 0 saturated heterocycles. The van der Waals surface area contributed by atoms with E-state index in [0.717, 1.165) is 0 Å². The zero-order valence-corrected chi connectivity index (χ0v) is 4.58. The summed E-state index contributed by atoms with van der Waals surface area (Å²) in [4.78, 5) is 8.00. The Bertz CT molecular complexity index is 87.2. The molecular formula is C7H8O. The molecule has 0 aliphatic heterocycles. The summed E-state index contributed by atoms with van der Waals surface area (Å²) in [5.41, 5.74) is 0. The maximum atomic E-state index is 8.00. The Morgan fingerprint density at radius 2 is 0.750 bits per heavy atom. The van der Waals surface area contributed by atoms with E-state index < -0.39 is 0 Å². The predicted octanol–water partition coefficient (Wildman–Crippen LogP) is 1.50. The average Bonchev–Trinajstić information content (AvgIpc) is 1.96. The maximum Gasteiger partial charge on any atom is 0.106 e. The normalized spacial score (nSPS) is 6.50. The fourth-order valence-electron chi connectivity index (χ4n) is 0.385. The van der Waals surface area contributed by atoms with Crippen molar-refractivity contribution in [1.29, 1.82) is 0 Å². The minimum Gasteiger partial charge on any atom is -0.307 e. The van der Waals surface area contributed by atoms with Crippen molar-refractivity contribution >= 4 is 6.79 Å². The third kappa shape index (κ3) is 3.09. The van der Waals surface area contributed by atoms with Crippen LogP contribution in [-0.2, 0) is 4.79 Å². The summed E-state index contributed by atoms with van der Waals surface area (Å²) in [5.74, 6) is 0. The van der Waals surface area contributed by atoms with Crippen LogP contribution in [0, 0.1) is 0 Å². The van der Waals surface area contributed by atoms with Gasteiger partial charge in [0.1, 0.15) is 6.79 Å². The van der Waals surface area contributed by atoms with Gasteiger partial charge in [-0.1, -0.05) is 36.4 Å². The summed E-state index contributed by atoms with van der Waals surface area (Å²) in [6, 6.07) is 12.0. The molecular weight excluding hydrogens is 100 g/mol. The van der Waals surface area contributed by atoms with Crippen molar-refractivity contribution in [3.63, 3.8) is 0 Å². The Labute approximate surface area is 49.0 Å². The van der Waals surface area contributed by atoms with Gasteiger partial charge in [0, 0.05) is 0 Å². The molecule has 42 valence electrons. The molecule has 0 amide bonds. The van der Waals surface area contributed by atoms with Gasteiger partial charge in [-0.2, -0.15) is 0 Å². The van der Waals surface area contributed by atoms with Gasteiger partial charge in [0.2, 0.25) is 0 Å². The second kappa shape index (κ2) is 5.89. The molecule has 0 radical (unpaired) electrons. The van der Waals surface area contributed by atoms with Crippen molar-refractivity contribution in [3.8, 4) is 0 Å². The van der Waals surface area contributed by atoms with Crippen LogP contribution in [0.1, 0.15) is 0 Å². The minimum absolute atomic E-state index is 2.00. The molecule has 0 aromatic heterocycles. The van der Waals surface area contributed by atoms with Crippen LogP contribution >= 0.6 is 0 Å². The average molecular weight is 108 g/mol. The van der Waals surface area contributed by atoms with E-state index in [1.165, 1.54) is 0 Å². The molecule has 8 heavy (non-hydrogen) atoms. The molecule has 0 N–H and O–H groups in total. The quantitative estimate of drug-likeness (QED) is 0.492. The fourth-order valence-corrected chi connectivity index (χ4v) is 0.385. The number of rotatable bonds is 0. The molecule has 0 bridgehead atoms. The van der Waals surface area contributed by atoms with Crippen molar-refractivity contribution in [2.24, 2.45) is 0 Å². The van der Waals surface area contributed by atoms with Gasteiger partial charge in [0.05, 0.1) is 0 Å². The molecule has 1 nitrogen and oxygen atoms in total. The van der Waals surface area contributed by atoms with Crippen LogP contribution < -0.4 is 0 Å². The first kappa shape index (κ1) is 6.89. The lowest BCUT2D eigenvalue weighted by atomic mass is 10.4. The Morgan fingerprint density at radius 1 is 0.625 bits per heavy atom. The molecule has 1 rings (SSSR count). The lowest BCUT2D eigenvalue weighted by molar-refractivity contribution is -0.0979. The molecule has 0 heterocycles. The maximum absolute atomic E-state index is 8.00. The predicted molar refractivity (Wildman–Crippen MR) is 33.6 cm³/mol. The summed E-state index contributed by atoms with van der Waals surface area (Å²) in [5, 5.41) is 0.